The lowest BCUT2D eigenvalue weighted by atomic mass is 9.89. The number of carbonyl (C=O) groups excluding carboxylic acids is 3. The number of halogens is 18. The summed E-state index contributed by atoms with van der Waals surface area (Å²) in [6.45, 7) is 16.1. The van der Waals surface area contributed by atoms with Gasteiger partial charge >= 0.3 is 36.1 Å². The highest BCUT2D eigenvalue weighted by Crippen LogP contribution is 2.47. The van der Waals surface area contributed by atoms with Crippen LogP contribution in [0.4, 0.5) is 96.1 Å². The monoisotopic (exact) mass is 2040 g/mol. The number of morpholine rings is 2. The number of aryl methyl sites for hydroxylation is 1. The number of pyridine rings is 1. The van der Waals surface area contributed by atoms with Gasteiger partial charge in [0.1, 0.15) is 104 Å². The molecule has 776 valence electrons. The molecule has 27 nitrogen and oxygen atoms in total. The van der Waals surface area contributed by atoms with Crippen LogP contribution >= 0.6 is 0 Å². The fraction of sp³-hybridized carbons (Fsp3) is 0.414. The first-order chi connectivity index (χ1) is 67.7. The van der Waals surface area contributed by atoms with Crippen LogP contribution in [0.3, 0.4) is 0 Å². The van der Waals surface area contributed by atoms with Crippen molar-refractivity contribution in [2.24, 2.45) is 35.2 Å². The van der Waals surface area contributed by atoms with Crippen molar-refractivity contribution in [3.8, 4) is 50.6 Å². The molecule has 3 amide bonds. The van der Waals surface area contributed by atoms with Crippen molar-refractivity contribution < 1.29 is 131 Å². The minimum Gasteiger partial charge on any atom is -0.500 e. The molecule has 0 spiro atoms. The lowest BCUT2D eigenvalue weighted by Crippen LogP contribution is -2.53. The second kappa shape index (κ2) is 44.1. The maximum absolute atomic E-state index is 15.3. The molecule has 0 radical (unpaired) electrons. The molecule has 0 bridgehead atoms. The number of benzene rings is 6. The number of carbonyl (C=O) groups is 3. The minimum absolute atomic E-state index is 0.0431. The first kappa shape index (κ1) is 109. The molecule has 0 unspecified atom stereocenters. The van der Waals surface area contributed by atoms with E-state index in [1.54, 1.807) is 52.2 Å². The topological polar surface area (TPSA) is 290 Å². The zero-order chi connectivity index (χ0) is 106. The smallest absolute Gasteiger partial charge is 0.417 e. The van der Waals surface area contributed by atoms with Gasteiger partial charge in [-0.25, -0.2) is 35.9 Å². The average molecular weight is 2040 g/mol. The Labute approximate surface area is 811 Å². The van der Waals surface area contributed by atoms with Crippen molar-refractivity contribution in [2.45, 2.75) is 153 Å². The molecule has 0 aliphatic carbocycles. The third kappa shape index (κ3) is 23.0. The third-order valence-corrected chi connectivity index (χ3v) is 26.0. The van der Waals surface area contributed by atoms with E-state index in [0.717, 1.165) is 40.7 Å². The fourth-order valence-corrected chi connectivity index (χ4v) is 17.8. The Bertz CT molecular complexity index is 6750. The van der Waals surface area contributed by atoms with Gasteiger partial charge in [-0.2, -0.15) is 52.7 Å². The van der Waals surface area contributed by atoms with E-state index in [-0.39, 0.29) is 98.6 Å². The summed E-state index contributed by atoms with van der Waals surface area (Å²) in [7, 11) is 11.1. The predicted octanol–water partition coefficient (Wildman–Crippen LogP) is 15.1. The molecule has 5 aliphatic rings. The van der Waals surface area contributed by atoms with Crippen molar-refractivity contribution in [1.29, 1.82) is 0 Å². The van der Waals surface area contributed by atoms with Gasteiger partial charge < -0.3 is 82.7 Å². The molecule has 9 aromatic rings. The van der Waals surface area contributed by atoms with Gasteiger partial charge in [-0.3, -0.25) is 37.9 Å². The number of methoxy groups -OCH3 is 3. The van der Waals surface area contributed by atoms with Gasteiger partial charge in [-0.1, -0.05) is 63.1 Å². The summed E-state index contributed by atoms with van der Waals surface area (Å²) in [4.78, 5) is 106. The van der Waals surface area contributed by atoms with Crippen LogP contribution in [0.5, 0.6) is 17.2 Å². The van der Waals surface area contributed by atoms with Crippen molar-refractivity contribution >= 4 is 34.8 Å². The molecule has 4 N–H and O–H groups in total. The second-order valence-electron chi connectivity index (χ2n) is 34.7. The zero-order valence-corrected chi connectivity index (χ0v) is 80.0. The number of anilines is 3. The number of hydrogen-bond donors (Lipinski definition) is 4. The summed E-state index contributed by atoms with van der Waals surface area (Å²) in [5.41, 5.74) is -2.55. The molecule has 2 saturated heterocycles. The first-order valence-electron chi connectivity index (χ1n) is 45.1. The van der Waals surface area contributed by atoms with E-state index in [1.807, 2.05) is 0 Å². The van der Waals surface area contributed by atoms with Gasteiger partial charge in [0.2, 0.25) is 0 Å². The number of nitrogens with zero attached hydrogens (tertiary/aromatic N) is 7. The molecule has 2 fully saturated rings. The van der Waals surface area contributed by atoms with Crippen LogP contribution in [0.25, 0.3) is 33.4 Å². The molecule has 0 saturated carbocycles. The van der Waals surface area contributed by atoms with Crippen LogP contribution < -0.4 is 73.3 Å². The SMILES string of the molecule is C=C(OC)[C@H](Cc1ccc(-c2c(C(F)(F)F)cc(C)n(C)c2=O)c2c1CCCO2)NC(=O)c1c(F)cc(N2CCOC[C@@H]2C(F)(F)F)cc1F.C=C(OC)[C@H](Cc1ccc(-c2c(C)n(C)c(=O)n(C)c2=O)c2c1CCCO2)NC(=O)c1c(F)cc(N2CCOC[C@@H]2C(F)(F)F)cc1F.C=C(OC)[C@H](Cc1ccc(-c2c(C)n(C)c(=O)n(C)c2=O)c2c1CCCO2)NC(=O)c1c(F)cc(N[C@H](CC)C(F)(F)F)cc1F. The summed E-state index contributed by atoms with van der Waals surface area (Å²) in [5, 5.41) is 9.58. The summed E-state index contributed by atoms with van der Waals surface area (Å²) in [6, 6.07) is 4.99. The van der Waals surface area contributed by atoms with Crippen LogP contribution in [0.15, 0.2) is 140 Å². The van der Waals surface area contributed by atoms with Gasteiger partial charge in [-0.05, 0) is 142 Å². The maximum atomic E-state index is 15.3. The molecule has 8 heterocycles. The molecule has 14 rings (SSSR count). The van der Waals surface area contributed by atoms with Crippen LogP contribution in [0.2, 0.25) is 0 Å². The van der Waals surface area contributed by atoms with Crippen molar-refractivity contribution in [1.82, 2.24) is 38.8 Å². The summed E-state index contributed by atoms with van der Waals surface area (Å²) < 4.78 is 304. The van der Waals surface area contributed by atoms with Gasteiger partial charge in [0.15, 0.2) is 0 Å². The van der Waals surface area contributed by atoms with Gasteiger partial charge in [0.25, 0.3) is 34.4 Å². The standard InChI is InChI=1S/C34H33F8N3O5.C33H35F5N4O6.C32H35F5N4O5/c1-17-12-23(33(37,38)39)28(32(47)44(17)3)22-8-7-19(21-6-5-10-50-30(21)22)13-26(18(2)48-4)43-31(46)29-24(35)14-20(15-25(29)36)45-9-11-49-16-27(45)34(40,41)42;1-17-27(31(44)41(4)32(45)40(17)3)22-9-8-19(21-7-6-11-48-29(21)22)13-25(18(2)46-5)39-30(43)28-23(34)14-20(15-24(28)35)42-10-12-47-16-26(42)33(36,37)38;1-7-25(32(35,36)37)38-19-14-22(33)27(23(34)15-19)29(42)39-24(17(3)45-6)13-18-10-11-21(28-20(18)9-8-12-46-28)26-16(2)40(4)31(44)41(5)30(26)43/h7-8,12,14-15,26-27H,2,5-6,9-11,13,16H2,1,3-4H3,(H,43,46);8-9,14-15,25-26H,2,6-7,10-13,16H2,1,3-5H3,(H,39,43);10-11,14-15,24-25,38H,3,7-9,12-13H2,1-2,4-6H3,(H,39,42)/t26-,27+;25-,26+;24-,25+/m000/s1. The second-order valence-corrected chi connectivity index (χ2v) is 34.7. The number of aromatic nitrogens is 5. The molecule has 3 aromatic heterocycles. The highest BCUT2D eigenvalue weighted by atomic mass is 19.4. The van der Waals surface area contributed by atoms with Crippen LogP contribution in [-0.4, -0.2) is 176 Å². The van der Waals surface area contributed by atoms with E-state index in [2.05, 4.69) is 41.0 Å². The van der Waals surface area contributed by atoms with Crippen LogP contribution in [0, 0.1) is 55.7 Å². The number of amides is 3. The molecular weight excluding hydrogens is 1940 g/mol. The van der Waals surface area contributed by atoms with Gasteiger partial charge in [0.05, 0.1) is 108 Å². The number of fused-ring (bicyclic) bond motifs is 3. The predicted molar refractivity (Wildman–Crippen MR) is 495 cm³/mol. The highest BCUT2D eigenvalue weighted by molar-refractivity contribution is 5.97. The van der Waals surface area contributed by atoms with E-state index < -0.39 is 194 Å². The Balaban J connectivity index is 0.000000193. The Hall–Kier alpha value is -13.9. The largest absolute Gasteiger partial charge is 0.500 e. The molecule has 6 atom stereocenters. The Morgan fingerprint density at radius 2 is 0.750 bits per heavy atom. The van der Waals surface area contributed by atoms with Crippen molar-refractivity contribution in [3.63, 3.8) is 0 Å². The quantitative estimate of drug-likeness (QED) is 0.0289. The highest BCUT2D eigenvalue weighted by Gasteiger charge is 2.49. The van der Waals surface area contributed by atoms with E-state index in [9.17, 15) is 91.0 Å². The maximum Gasteiger partial charge on any atom is 0.417 e. The number of ether oxygens (including phenoxy) is 8. The van der Waals surface area contributed by atoms with E-state index in [1.165, 1.54) is 77.6 Å². The lowest BCUT2D eigenvalue weighted by molar-refractivity contribution is -0.167. The van der Waals surface area contributed by atoms with Gasteiger partial charge in [-0.15, -0.1) is 0 Å². The Morgan fingerprint density at radius 1 is 0.438 bits per heavy atom. The van der Waals surface area contributed by atoms with Crippen molar-refractivity contribution in [3.05, 3.63) is 276 Å². The molecular formula is C99H103F18N11O16. The number of nitrogens with one attached hydrogen (secondary N) is 4. The van der Waals surface area contributed by atoms with Crippen molar-refractivity contribution in [2.75, 3.05) is 95.8 Å². The third-order valence-electron chi connectivity index (χ3n) is 26.0. The van der Waals surface area contributed by atoms with Crippen LogP contribution in [0.1, 0.15) is 120 Å². The van der Waals surface area contributed by atoms with E-state index in [4.69, 9.17) is 37.9 Å². The summed E-state index contributed by atoms with van der Waals surface area (Å²) in [6.07, 6.45) is -16.2. The number of alkyl halides is 12. The Kier molecular flexibility index (Phi) is 33.4. The number of hydrogen-bond acceptors (Lipinski definition) is 19. The fourth-order valence-electron chi connectivity index (χ4n) is 17.8. The molecule has 144 heavy (non-hydrogen) atoms. The summed E-state index contributed by atoms with van der Waals surface area (Å²) >= 11 is 0. The average Bonchev–Trinajstić information content (AvgIpc) is 0.764. The van der Waals surface area contributed by atoms with Gasteiger partial charge in [0, 0.05) is 118 Å². The summed E-state index contributed by atoms with van der Waals surface area (Å²) in [5.74, 6) is -10.8. The van der Waals surface area contributed by atoms with E-state index >= 15 is 26.3 Å². The van der Waals surface area contributed by atoms with Crippen LogP contribution in [-0.2, 0) is 104 Å². The Morgan fingerprint density at radius 3 is 1.05 bits per heavy atom. The molecule has 5 aliphatic heterocycles. The minimum atomic E-state index is -4.86. The number of rotatable bonds is 26. The lowest BCUT2D eigenvalue weighted by Gasteiger charge is -2.38. The zero-order valence-electron chi connectivity index (χ0n) is 80.0. The van der Waals surface area contributed by atoms with E-state index in [0.29, 0.717) is 156 Å². The molecule has 6 aromatic carbocycles. The molecule has 45 heteroatoms. The first-order valence-corrected chi connectivity index (χ1v) is 45.1. The normalized spacial score (nSPS) is 16.1.